The topological polar surface area (TPSA) is 63.6 Å². The van der Waals surface area contributed by atoms with Crippen LogP contribution < -0.4 is 5.69 Å². The van der Waals surface area contributed by atoms with E-state index in [1.807, 2.05) is 12.1 Å². The molecule has 0 atom stereocenters. The molecular weight excluding hydrogens is 283 g/mol. The molecule has 0 radical (unpaired) electrons. The Morgan fingerprint density at radius 3 is 2.68 bits per heavy atom. The van der Waals surface area contributed by atoms with E-state index < -0.39 is 0 Å². The number of pyridine rings is 1. The first kappa shape index (κ1) is 14.2. The standard InChI is InChI=1S/C16H15FN4O/c17-14-4-2-1-3-13(14)7-10-21-15(19-20-16(21)22)11-12-5-8-18-9-6-12/h1-6,8-9H,7,10-11H2,(H,20,22). The number of nitrogens with zero attached hydrogens (tertiary/aromatic N) is 3. The minimum Gasteiger partial charge on any atom is -0.278 e. The molecule has 6 heteroatoms. The fourth-order valence-electron chi connectivity index (χ4n) is 2.33. The van der Waals surface area contributed by atoms with Gasteiger partial charge in [0.1, 0.15) is 11.6 Å². The Kier molecular flexibility index (Phi) is 4.09. The molecular formula is C16H15FN4O. The first-order valence-electron chi connectivity index (χ1n) is 7.00. The summed E-state index contributed by atoms with van der Waals surface area (Å²) in [7, 11) is 0. The van der Waals surface area contributed by atoms with Crippen molar-refractivity contribution >= 4 is 0 Å². The number of hydrogen-bond acceptors (Lipinski definition) is 3. The fourth-order valence-corrected chi connectivity index (χ4v) is 2.33. The largest absolute Gasteiger partial charge is 0.343 e. The third kappa shape index (κ3) is 3.11. The summed E-state index contributed by atoms with van der Waals surface area (Å²) >= 11 is 0. The third-order valence-corrected chi connectivity index (χ3v) is 3.51. The van der Waals surface area contributed by atoms with E-state index in [-0.39, 0.29) is 11.5 Å². The van der Waals surface area contributed by atoms with E-state index in [2.05, 4.69) is 15.2 Å². The van der Waals surface area contributed by atoms with Crippen molar-refractivity contribution in [3.63, 3.8) is 0 Å². The quantitative estimate of drug-likeness (QED) is 0.783. The molecule has 0 saturated carbocycles. The van der Waals surface area contributed by atoms with Crippen LogP contribution in [0.1, 0.15) is 17.0 Å². The lowest BCUT2D eigenvalue weighted by Crippen LogP contribution is -2.20. The van der Waals surface area contributed by atoms with Crippen LogP contribution in [0, 0.1) is 5.82 Å². The SMILES string of the molecule is O=c1[nH]nc(Cc2ccncc2)n1CCc1ccccc1F. The maximum Gasteiger partial charge on any atom is 0.343 e. The Morgan fingerprint density at radius 2 is 1.91 bits per heavy atom. The molecule has 1 aromatic carbocycles. The van der Waals surface area contributed by atoms with Crippen molar-refractivity contribution < 1.29 is 4.39 Å². The molecule has 0 aliphatic carbocycles. The summed E-state index contributed by atoms with van der Waals surface area (Å²) in [6.07, 6.45) is 4.36. The Bertz CT molecular complexity index is 810. The lowest BCUT2D eigenvalue weighted by Gasteiger charge is -2.07. The minimum absolute atomic E-state index is 0.255. The second kappa shape index (κ2) is 6.34. The summed E-state index contributed by atoms with van der Waals surface area (Å²) in [6, 6.07) is 10.3. The Hall–Kier alpha value is -2.76. The van der Waals surface area contributed by atoms with Crippen molar-refractivity contribution in [2.45, 2.75) is 19.4 Å². The van der Waals surface area contributed by atoms with Gasteiger partial charge in [-0.15, -0.1) is 0 Å². The van der Waals surface area contributed by atoms with Gasteiger partial charge in [0.05, 0.1) is 0 Å². The van der Waals surface area contributed by atoms with Gasteiger partial charge in [0, 0.05) is 25.4 Å². The molecule has 0 unspecified atom stereocenters. The van der Waals surface area contributed by atoms with Crippen LogP contribution in [0.2, 0.25) is 0 Å². The smallest absolute Gasteiger partial charge is 0.278 e. The van der Waals surface area contributed by atoms with Gasteiger partial charge in [0.15, 0.2) is 0 Å². The summed E-state index contributed by atoms with van der Waals surface area (Å²) in [6.45, 7) is 0.386. The highest BCUT2D eigenvalue weighted by Gasteiger charge is 2.10. The fraction of sp³-hybridized carbons (Fsp3) is 0.188. The van der Waals surface area contributed by atoms with Gasteiger partial charge in [-0.3, -0.25) is 9.55 Å². The van der Waals surface area contributed by atoms with Crippen molar-refractivity contribution in [3.8, 4) is 0 Å². The van der Waals surface area contributed by atoms with E-state index in [1.54, 1.807) is 35.2 Å². The van der Waals surface area contributed by atoms with E-state index in [0.717, 1.165) is 5.56 Å². The van der Waals surface area contributed by atoms with Crippen LogP contribution in [0.25, 0.3) is 0 Å². The van der Waals surface area contributed by atoms with E-state index >= 15 is 0 Å². The number of halogens is 1. The number of nitrogens with one attached hydrogen (secondary N) is 1. The van der Waals surface area contributed by atoms with Crippen LogP contribution >= 0.6 is 0 Å². The number of hydrogen-bond donors (Lipinski definition) is 1. The molecule has 0 aliphatic heterocycles. The van der Waals surface area contributed by atoms with Gasteiger partial charge in [-0.05, 0) is 35.7 Å². The second-order valence-electron chi connectivity index (χ2n) is 4.97. The molecule has 3 rings (SSSR count). The molecule has 2 aromatic heterocycles. The zero-order valence-electron chi connectivity index (χ0n) is 11.9. The molecule has 0 spiro atoms. The van der Waals surface area contributed by atoms with Gasteiger partial charge >= 0.3 is 5.69 Å². The summed E-state index contributed by atoms with van der Waals surface area (Å²) in [4.78, 5) is 15.8. The number of aromatic amines is 1. The highest BCUT2D eigenvalue weighted by molar-refractivity contribution is 5.18. The number of H-pyrrole nitrogens is 1. The van der Waals surface area contributed by atoms with Crippen LogP contribution in [-0.4, -0.2) is 19.7 Å². The Balaban J connectivity index is 1.78. The van der Waals surface area contributed by atoms with Crippen molar-refractivity contribution in [1.29, 1.82) is 0 Å². The molecule has 0 fully saturated rings. The molecule has 0 bridgehead atoms. The average molecular weight is 298 g/mol. The predicted octanol–water partition coefficient (Wildman–Crippen LogP) is 1.94. The first-order chi connectivity index (χ1) is 10.7. The minimum atomic E-state index is -0.277. The number of aromatic nitrogens is 4. The second-order valence-corrected chi connectivity index (χ2v) is 4.97. The summed E-state index contributed by atoms with van der Waals surface area (Å²) in [5, 5.41) is 6.51. The van der Waals surface area contributed by atoms with Gasteiger partial charge in [0.25, 0.3) is 0 Å². The van der Waals surface area contributed by atoms with Gasteiger partial charge < -0.3 is 0 Å². The summed E-state index contributed by atoms with van der Waals surface area (Å²) in [5.41, 5.74) is 1.33. The Labute approximate surface area is 126 Å². The normalized spacial score (nSPS) is 10.8. The van der Waals surface area contributed by atoms with Gasteiger partial charge in [-0.1, -0.05) is 18.2 Å². The molecule has 112 valence electrons. The van der Waals surface area contributed by atoms with Crippen molar-refractivity contribution in [2.24, 2.45) is 0 Å². The van der Waals surface area contributed by atoms with Crippen LogP contribution in [0.15, 0.2) is 53.6 Å². The van der Waals surface area contributed by atoms with Crippen molar-refractivity contribution in [1.82, 2.24) is 19.7 Å². The summed E-state index contributed by atoms with van der Waals surface area (Å²) < 4.78 is 15.2. The summed E-state index contributed by atoms with van der Waals surface area (Å²) in [5.74, 6) is 0.377. The lowest BCUT2D eigenvalue weighted by atomic mass is 10.1. The van der Waals surface area contributed by atoms with Crippen LogP contribution in [0.3, 0.4) is 0 Å². The monoisotopic (exact) mass is 298 g/mol. The van der Waals surface area contributed by atoms with Crippen LogP contribution in [0.5, 0.6) is 0 Å². The maximum atomic E-state index is 13.6. The zero-order chi connectivity index (χ0) is 15.4. The number of aryl methyl sites for hydroxylation is 1. The maximum absolute atomic E-state index is 13.6. The van der Waals surface area contributed by atoms with Crippen LogP contribution in [0.4, 0.5) is 4.39 Å². The number of rotatable bonds is 5. The van der Waals surface area contributed by atoms with E-state index in [9.17, 15) is 9.18 Å². The molecule has 0 aliphatic rings. The van der Waals surface area contributed by atoms with E-state index in [0.29, 0.717) is 30.8 Å². The van der Waals surface area contributed by atoms with E-state index in [1.165, 1.54) is 6.07 Å². The van der Waals surface area contributed by atoms with Crippen molar-refractivity contribution in [2.75, 3.05) is 0 Å². The predicted molar refractivity (Wildman–Crippen MR) is 80.0 cm³/mol. The molecule has 1 N–H and O–H groups in total. The van der Waals surface area contributed by atoms with Gasteiger partial charge in [0.2, 0.25) is 0 Å². The van der Waals surface area contributed by atoms with Gasteiger partial charge in [-0.25, -0.2) is 14.3 Å². The van der Waals surface area contributed by atoms with Crippen LogP contribution in [-0.2, 0) is 19.4 Å². The highest BCUT2D eigenvalue weighted by atomic mass is 19.1. The lowest BCUT2D eigenvalue weighted by molar-refractivity contribution is 0.582. The molecule has 0 saturated heterocycles. The average Bonchev–Trinajstić information content (AvgIpc) is 2.88. The Morgan fingerprint density at radius 1 is 1.14 bits per heavy atom. The zero-order valence-corrected chi connectivity index (χ0v) is 11.9. The highest BCUT2D eigenvalue weighted by Crippen LogP contribution is 2.09. The van der Waals surface area contributed by atoms with Gasteiger partial charge in [-0.2, -0.15) is 5.10 Å². The molecule has 2 heterocycles. The molecule has 3 aromatic rings. The molecule has 22 heavy (non-hydrogen) atoms. The molecule has 5 nitrogen and oxygen atoms in total. The third-order valence-electron chi connectivity index (χ3n) is 3.51. The number of benzene rings is 1. The molecule has 0 amide bonds. The van der Waals surface area contributed by atoms with Crippen molar-refractivity contribution in [3.05, 3.63) is 82.0 Å². The van der Waals surface area contributed by atoms with E-state index in [4.69, 9.17) is 0 Å². The first-order valence-corrected chi connectivity index (χ1v) is 7.00.